The van der Waals surface area contributed by atoms with Gasteiger partial charge in [0.15, 0.2) is 5.69 Å². The quantitative estimate of drug-likeness (QED) is 0.732. The molecular weight excluding hydrogens is 244 g/mol. The molecule has 7 nitrogen and oxygen atoms in total. The summed E-state index contributed by atoms with van der Waals surface area (Å²) in [5.41, 5.74) is 0.616. The molecule has 0 saturated heterocycles. The van der Waals surface area contributed by atoms with Gasteiger partial charge in [0.2, 0.25) is 5.95 Å². The number of aromatic nitrogens is 3. The molecule has 0 aliphatic rings. The number of nitrogens with one attached hydrogen (secondary N) is 2. The van der Waals surface area contributed by atoms with E-state index >= 15 is 0 Å². The number of thiazole rings is 1. The van der Waals surface area contributed by atoms with Crippen LogP contribution >= 0.6 is 11.3 Å². The fourth-order valence-electron chi connectivity index (χ4n) is 1.14. The highest BCUT2D eigenvalue weighted by atomic mass is 32.1. The van der Waals surface area contributed by atoms with Crippen LogP contribution in [0.4, 0.5) is 5.95 Å². The number of aromatic amines is 1. The third-order valence-electron chi connectivity index (χ3n) is 1.88. The van der Waals surface area contributed by atoms with E-state index in [-0.39, 0.29) is 16.5 Å². The van der Waals surface area contributed by atoms with Gasteiger partial charge in [-0.2, -0.15) is 0 Å². The number of anilines is 1. The number of hydrogen-bond donors (Lipinski definition) is 3. The Balaban J connectivity index is 2.06. The minimum absolute atomic E-state index is 0.0821. The van der Waals surface area contributed by atoms with Crippen molar-refractivity contribution in [1.29, 1.82) is 0 Å². The van der Waals surface area contributed by atoms with Crippen molar-refractivity contribution in [1.82, 2.24) is 15.0 Å². The Bertz CT molecular complexity index is 592. The van der Waals surface area contributed by atoms with Crippen LogP contribution < -0.4 is 10.2 Å². The van der Waals surface area contributed by atoms with E-state index in [2.05, 4.69) is 20.3 Å². The molecule has 0 aliphatic carbocycles. The molecular formula is C9H8N4O3S. The van der Waals surface area contributed by atoms with Crippen molar-refractivity contribution in [2.45, 2.75) is 6.54 Å². The van der Waals surface area contributed by atoms with Crippen LogP contribution in [0.15, 0.2) is 22.4 Å². The van der Waals surface area contributed by atoms with Gasteiger partial charge in [0, 0.05) is 17.3 Å². The summed E-state index contributed by atoms with van der Waals surface area (Å²) in [6, 6.07) is 1.31. The van der Waals surface area contributed by atoms with Gasteiger partial charge in [-0.25, -0.2) is 14.8 Å². The van der Waals surface area contributed by atoms with E-state index in [1.807, 2.05) is 0 Å². The molecule has 88 valence electrons. The van der Waals surface area contributed by atoms with Crippen molar-refractivity contribution >= 4 is 23.3 Å². The fourth-order valence-corrected chi connectivity index (χ4v) is 1.72. The van der Waals surface area contributed by atoms with E-state index in [1.54, 1.807) is 5.38 Å². The van der Waals surface area contributed by atoms with E-state index in [9.17, 15) is 9.59 Å². The van der Waals surface area contributed by atoms with Crippen LogP contribution in [0, 0.1) is 0 Å². The summed E-state index contributed by atoms with van der Waals surface area (Å²) in [4.78, 5) is 31.7. The SMILES string of the molecule is O=C(O)c1ccnc(NCc2csc(=O)[nH]2)n1. The molecule has 0 spiro atoms. The lowest BCUT2D eigenvalue weighted by molar-refractivity contribution is 0.0690. The number of carbonyl (C=O) groups is 1. The maximum absolute atomic E-state index is 10.9. The smallest absolute Gasteiger partial charge is 0.354 e. The third-order valence-corrected chi connectivity index (χ3v) is 2.60. The monoisotopic (exact) mass is 252 g/mol. The van der Waals surface area contributed by atoms with Gasteiger partial charge in [0.25, 0.3) is 0 Å². The van der Waals surface area contributed by atoms with Crippen molar-refractivity contribution < 1.29 is 9.90 Å². The lowest BCUT2D eigenvalue weighted by Crippen LogP contribution is -2.08. The first-order valence-corrected chi connectivity index (χ1v) is 5.50. The molecule has 0 fully saturated rings. The van der Waals surface area contributed by atoms with Crippen molar-refractivity contribution in [3.63, 3.8) is 0 Å². The molecule has 2 aromatic heterocycles. The van der Waals surface area contributed by atoms with Crippen LogP contribution in [0.5, 0.6) is 0 Å². The zero-order valence-corrected chi connectivity index (χ0v) is 9.32. The molecule has 0 atom stereocenters. The number of nitrogens with zero attached hydrogens (tertiary/aromatic N) is 2. The molecule has 0 aromatic carbocycles. The standard InChI is InChI=1S/C9H8N4O3S/c14-7(15)6-1-2-10-8(13-6)11-3-5-4-17-9(16)12-5/h1-2,4H,3H2,(H,12,16)(H,14,15)(H,10,11,13). The number of hydrogen-bond acceptors (Lipinski definition) is 6. The summed E-state index contributed by atoms with van der Waals surface area (Å²) in [6.45, 7) is 0.335. The second-order valence-electron chi connectivity index (χ2n) is 3.10. The Hall–Kier alpha value is -2.22. The number of aromatic carboxylic acids is 1. The van der Waals surface area contributed by atoms with E-state index in [1.165, 1.54) is 12.3 Å². The number of carboxylic acid groups (broad SMARTS) is 1. The summed E-state index contributed by atoms with van der Waals surface area (Å²) in [5.74, 6) is -0.906. The van der Waals surface area contributed by atoms with Gasteiger partial charge in [-0.15, -0.1) is 0 Å². The number of carboxylic acids is 1. The summed E-state index contributed by atoms with van der Waals surface area (Å²) < 4.78 is 0. The van der Waals surface area contributed by atoms with Gasteiger partial charge in [-0.05, 0) is 6.07 Å². The predicted molar refractivity (Wildman–Crippen MR) is 61.3 cm³/mol. The molecule has 2 aromatic rings. The summed E-state index contributed by atoms with van der Waals surface area (Å²) in [7, 11) is 0. The number of H-pyrrole nitrogens is 1. The van der Waals surface area contributed by atoms with Crippen LogP contribution in [0.3, 0.4) is 0 Å². The zero-order chi connectivity index (χ0) is 12.3. The molecule has 0 saturated carbocycles. The molecule has 2 heterocycles. The topological polar surface area (TPSA) is 108 Å². The Morgan fingerprint density at radius 3 is 3.06 bits per heavy atom. The summed E-state index contributed by atoms with van der Waals surface area (Å²) in [5, 5.41) is 13.2. The molecule has 0 unspecified atom stereocenters. The lowest BCUT2D eigenvalue weighted by atomic mass is 10.4. The lowest BCUT2D eigenvalue weighted by Gasteiger charge is -2.02. The molecule has 3 N–H and O–H groups in total. The first-order chi connectivity index (χ1) is 8.15. The minimum atomic E-state index is -1.11. The van der Waals surface area contributed by atoms with E-state index in [4.69, 9.17) is 5.11 Å². The van der Waals surface area contributed by atoms with Crippen molar-refractivity contribution in [3.8, 4) is 0 Å². The van der Waals surface area contributed by atoms with E-state index < -0.39 is 5.97 Å². The molecule has 0 amide bonds. The van der Waals surface area contributed by atoms with Crippen LogP contribution in [0.2, 0.25) is 0 Å². The maximum Gasteiger partial charge on any atom is 0.354 e. The largest absolute Gasteiger partial charge is 0.477 e. The normalized spacial score (nSPS) is 10.1. The second kappa shape index (κ2) is 4.74. The van der Waals surface area contributed by atoms with E-state index in [0.717, 1.165) is 11.3 Å². The highest BCUT2D eigenvalue weighted by molar-refractivity contribution is 7.07. The zero-order valence-electron chi connectivity index (χ0n) is 8.51. The average molecular weight is 252 g/mol. The highest BCUT2D eigenvalue weighted by Gasteiger charge is 2.06. The first-order valence-electron chi connectivity index (χ1n) is 4.62. The highest BCUT2D eigenvalue weighted by Crippen LogP contribution is 2.03. The van der Waals surface area contributed by atoms with Crippen molar-refractivity contribution in [2.75, 3.05) is 5.32 Å². The van der Waals surface area contributed by atoms with Gasteiger partial charge in [0.1, 0.15) is 0 Å². The number of rotatable bonds is 4. The summed E-state index contributed by atoms with van der Waals surface area (Å²) >= 11 is 1.06. The second-order valence-corrected chi connectivity index (χ2v) is 3.94. The third kappa shape index (κ3) is 2.88. The van der Waals surface area contributed by atoms with Crippen LogP contribution in [-0.4, -0.2) is 26.0 Å². The van der Waals surface area contributed by atoms with Crippen molar-refractivity contribution in [2.24, 2.45) is 0 Å². The van der Waals surface area contributed by atoms with Gasteiger partial charge >= 0.3 is 10.8 Å². The van der Waals surface area contributed by atoms with Gasteiger partial charge in [-0.1, -0.05) is 11.3 Å². The molecule has 17 heavy (non-hydrogen) atoms. The minimum Gasteiger partial charge on any atom is -0.477 e. The predicted octanol–water partition coefficient (Wildman–Crippen LogP) is 0.537. The van der Waals surface area contributed by atoms with Crippen molar-refractivity contribution in [3.05, 3.63) is 38.7 Å². The Labute approximate surface area is 99.2 Å². The van der Waals surface area contributed by atoms with E-state index in [0.29, 0.717) is 12.2 Å². The Kier molecular flexibility index (Phi) is 3.15. The Morgan fingerprint density at radius 1 is 1.59 bits per heavy atom. The molecule has 2 rings (SSSR count). The van der Waals surface area contributed by atoms with Gasteiger partial charge < -0.3 is 15.4 Å². The van der Waals surface area contributed by atoms with Crippen LogP contribution in [0.25, 0.3) is 0 Å². The van der Waals surface area contributed by atoms with Crippen LogP contribution in [0.1, 0.15) is 16.2 Å². The fraction of sp³-hybridized carbons (Fsp3) is 0.111. The van der Waals surface area contributed by atoms with Crippen LogP contribution in [-0.2, 0) is 6.54 Å². The molecule has 8 heteroatoms. The van der Waals surface area contributed by atoms with Gasteiger partial charge in [0.05, 0.1) is 6.54 Å². The maximum atomic E-state index is 10.9. The van der Waals surface area contributed by atoms with Gasteiger partial charge in [-0.3, -0.25) is 4.79 Å². The Morgan fingerprint density at radius 2 is 2.41 bits per heavy atom. The average Bonchev–Trinajstić information content (AvgIpc) is 2.73. The molecule has 0 bridgehead atoms. The molecule has 0 aliphatic heterocycles. The summed E-state index contributed by atoms with van der Waals surface area (Å²) in [6.07, 6.45) is 1.36. The molecule has 0 radical (unpaired) electrons. The first kappa shape index (κ1) is 11.3.